The summed E-state index contributed by atoms with van der Waals surface area (Å²) in [5.74, 6) is 0. The van der Waals surface area contributed by atoms with E-state index in [1.165, 1.54) is 109 Å². The first-order chi connectivity index (χ1) is 17.8. The molecule has 37 heavy (non-hydrogen) atoms. The van der Waals surface area contributed by atoms with Crippen LogP contribution in [0.5, 0.6) is 0 Å². The zero-order valence-corrected chi connectivity index (χ0v) is 27.3. The molecule has 2 atom stereocenters. The average molecular weight is 542 g/mol. The molecule has 2 unspecified atom stereocenters. The Morgan fingerprint density at radius 3 is 1.46 bits per heavy atom. The molecule has 0 aromatic carbocycles. The number of rotatable bonds is 23. The highest BCUT2D eigenvalue weighted by Gasteiger charge is 2.54. The van der Waals surface area contributed by atoms with Gasteiger partial charge in [-0.15, -0.1) is 0 Å². The summed E-state index contributed by atoms with van der Waals surface area (Å²) in [5.41, 5.74) is -0.0199. The van der Waals surface area contributed by atoms with Gasteiger partial charge in [0, 0.05) is 12.1 Å². The van der Waals surface area contributed by atoms with Gasteiger partial charge in [-0.05, 0) is 52.4 Å². The second-order valence-electron chi connectivity index (χ2n) is 12.8. The maximum absolute atomic E-state index is 15.5. The summed E-state index contributed by atoms with van der Waals surface area (Å²) in [6, 6.07) is 0. The lowest BCUT2D eigenvalue weighted by Crippen LogP contribution is -2.49. The first kappa shape index (κ1) is 35.2. The van der Waals surface area contributed by atoms with E-state index in [0.29, 0.717) is 6.61 Å². The summed E-state index contributed by atoms with van der Waals surface area (Å²) < 4.78 is 24.7. The van der Waals surface area contributed by atoms with E-state index in [1.807, 2.05) is 0 Å². The normalized spacial score (nSPS) is 21.1. The fourth-order valence-electron chi connectivity index (χ4n) is 6.49. The summed E-state index contributed by atoms with van der Waals surface area (Å²) in [5, 5.41) is -0.230. The Balaban J connectivity index is 3.27. The summed E-state index contributed by atoms with van der Waals surface area (Å²) in [6.45, 7) is 15.6. The van der Waals surface area contributed by atoms with Crippen LogP contribution in [0.4, 0.5) is 0 Å². The van der Waals surface area contributed by atoms with Gasteiger partial charge in [-0.1, -0.05) is 137 Å². The molecule has 0 bridgehead atoms. The molecule has 0 radical (unpaired) electrons. The van der Waals surface area contributed by atoms with E-state index in [4.69, 9.17) is 4.52 Å². The van der Waals surface area contributed by atoms with Crippen molar-refractivity contribution in [3.8, 4) is 0 Å². The Labute approximate surface area is 234 Å². The maximum atomic E-state index is 15.5. The third kappa shape index (κ3) is 12.0. The van der Waals surface area contributed by atoms with Crippen LogP contribution in [0.25, 0.3) is 0 Å². The van der Waals surface area contributed by atoms with Crippen LogP contribution >= 0.6 is 7.52 Å². The Morgan fingerprint density at radius 2 is 1.00 bits per heavy atom. The van der Waals surface area contributed by atoms with E-state index in [-0.39, 0.29) is 10.7 Å². The minimum absolute atomic E-state index is 0.0199. The lowest BCUT2D eigenvalue weighted by Gasteiger charge is -2.50. The highest BCUT2D eigenvalue weighted by Crippen LogP contribution is 2.69. The monoisotopic (exact) mass is 541 g/mol. The number of hydrogen-bond donors (Lipinski definition) is 0. The predicted molar refractivity (Wildman–Crippen MR) is 166 cm³/mol. The number of nitrogens with zero attached hydrogens (tertiary/aromatic N) is 1. The molecule has 0 amide bonds. The highest BCUT2D eigenvalue weighted by molar-refractivity contribution is 7.58. The molecule has 1 aliphatic heterocycles. The third-order valence-electron chi connectivity index (χ3n) is 9.18. The van der Waals surface area contributed by atoms with Crippen molar-refractivity contribution in [2.24, 2.45) is 0 Å². The molecule has 1 aliphatic rings. The van der Waals surface area contributed by atoms with Gasteiger partial charge in [-0.25, -0.2) is 4.67 Å². The van der Waals surface area contributed by atoms with E-state index in [9.17, 15) is 0 Å². The standard InChI is InChI=1S/C33H68NO2P/c1-7-11-15-19-21-27-32(5,26-20-16-12-8-2)34-30-24-25-31-36-37(34,35)33(6,28-22-17-13-9-3)29-23-18-14-10-4/h7-31H2,1-6H3. The molecule has 1 rings (SSSR count). The SMILES string of the molecule is CCCCCCCC(C)(CCCCCC)N1CCCCOP1(=O)C(C)(CCCCCC)CCCCCC. The molecule has 0 spiro atoms. The van der Waals surface area contributed by atoms with Crippen molar-refractivity contribution in [1.29, 1.82) is 0 Å². The zero-order chi connectivity index (χ0) is 27.5. The maximum Gasteiger partial charge on any atom is 0.278 e. The summed E-state index contributed by atoms with van der Waals surface area (Å²) >= 11 is 0. The number of hydrogen-bond acceptors (Lipinski definition) is 2. The first-order valence-electron chi connectivity index (χ1n) is 16.9. The van der Waals surface area contributed by atoms with Gasteiger partial charge >= 0.3 is 0 Å². The third-order valence-corrected chi connectivity index (χ3v) is 12.8. The molecule has 1 fully saturated rings. The Kier molecular flexibility index (Phi) is 19.1. The quantitative estimate of drug-likeness (QED) is 0.0951. The lowest BCUT2D eigenvalue weighted by atomic mass is 9.87. The Bertz CT molecular complexity index is 583. The van der Waals surface area contributed by atoms with Gasteiger partial charge in [0.25, 0.3) is 7.52 Å². The van der Waals surface area contributed by atoms with E-state index in [1.54, 1.807) is 0 Å². The molecule has 0 saturated carbocycles. The predicted octanol–water partition coefficient (Wildman–Crippen LogP) is 12.1. The molecule has 1 saturated heterocycles. The molecule has 222 valence electrons. The Hall–Kier alpha value is 0.150. The topological polar surface area (TPSA) is 29.5 Å². The van der Waals surface area contributed by atoms with Gasteiger partial charge in [0.05, 0.1) is 11.8 Å². The van der Waals surface area contributed by atoms with Crippen LogP contribution in [0.1, 0.15) is 189 Å². The van der Waals surface area contributed by atoms with E-state index in [2.05, 4.69) is 46.2 Å². The van der Waals surface area contributed by atoms with Gasteiger partial charge < -0.3 is 4.52 Å². The molecular weight excluding hydrogens is 473 g/mol. The van der Waals surface area contributed by atoms with E-state index < -0.39 is 7.52 Å². The van der Waals surface area contributed by atoms with Crippen LogP contribution in [0.3, 0.4) is 0 Å². The fraction of sp³-hybridized carbons (Fsp3) is 1.00. The minimum atomic E-state index is -2.99. The van der Waals surface area contributed by atoms with Crippen molar-refractivity contribution in [1.82, 2.24) is 4.67 Å². The second-order valence-corrected chi connectivity index (χ2v) is 15.6. The molecule has 0 aromatic heterocycles. The van der Waals surface area contributed by atoms with Gasteiger partial charge in [-0.2, -0.15) is 0 Å². The number of unbranched alkanes of at least 4 members (excludes halogenated alkanes) is 13. The highest BCUT2D eigenvalue weighted by atomic mass is 31.2. The lowest BCUT2D eigenvalue weighted by molar-refractivity contribution is 0.137. The van der Waals surface area contributed by atoms with Gasteiger partial charge in [-0.3, -0.25) is 4.57 Å². The molecule has 1 heterocycles. The molecule has 4 heteroatoms. The molecule has 3 nitrogen and oxygen atoms in total. The van der Waals surface area contributed by atoms with E-state index in [0.717, 1.165) is 45.1 Å². The van der Waals surface area contributed by atoms with Crippen molar-refractivity contribution in [2.45, 2.75) is 200 Å². The molecule has 0 N–H and O–H groups in total. The summed E-state index contributed by atoms with van der Waals surface area (Å²) in [7, 11) is -2.99. The van der Waals surface area contributed by atoms with Crippen LogP contribution in [0.2, 0.25) is 0 Å². The van der Waals surface area contributed by atoms with Crippen LogP contribution in [0.15, 0.2) is 0 Å². The van der Waals surface area contributed by atoms with Gasteiger partial charge in [0.15, 0.2) is 0 Å². The van der Waals surface area contributed by atoms with Crippen molar-refractivity contribution < 1.29 is 9.09 Å². The summed E-state index contributed by atoms with van der Waals surface area (Å²) in [4.78, 5) is 0. The van der Waals surface area contributed by atoms with Crippen molar-refractivity contribution in [2.75, 3.05) is 13.2 Å². The minimum Gasteiger partial charge on any atom is -0.317 e. The van der Waals surface area contributed by atoms with Gasteiger partial charge in [0.2, 0.25) is 0 Å². The Morgan fingerprint density at radius 1 is 0.595 bits per heavy atom. The van der Waals surface area contributed by atoms with Gasteiger partial charge in [0.1, 0.15) is 0 Å². The van der Waals surface area contributed by atoms with Crippen LogP contribution < -0.4 is 0 Å². The molecule has 0 aliphatic carbocycles. The average Bonchev–Trinajstić information content (AvgIpc) is 3.10. The summed E-state index contributed by atoms with van der Waals surface area (Å²) in [6.07, 6.45) is 28.2. The second kappa shape index (κ2) is 20.1. The van der Waals surface area contributed by atoms with Crippen LogP contribution in [0, 0.1) is 0 Å². The van der Waals surface area contributed by atoms with Crippen molar-refractivity contribution >= 4 is 7.52 Å². The van der Waals surface area contributed by atoms with Crippen LogP contribution in [-0.4, -0.2) is 28.5 Å². The zero-order valence-electron chi connectivity index (χ0n) is 26.4. The van der Waals surface area contributed by atoms with E-state index >= 15 is 4.57 Å². The first-order valence-corrected chi connectivity index (χ1v) is 18.4. The largest absolute Gasteiger partial charge is 0.317 e. The van der Waals surface area contributed by atoms with Crippen molar-refractivity contribution in [3.05, 3.63) is 0 Å². The van der Waals surface area contributed by atoms with Crippen LogP contribution in [-0.2, 0) is 9.09 Å². The van der Waals surface area contributed by atoms with Crippen molar-refractivity contribution in [3.63, 3.8) is 0 Å². The molecular formula is C33H68NO2P. The smallest absolute Gasteiger partial charge is 0.278 e. The molecule has 0 aromatic rings. The fourth-order valence-corrected chi connectivity index (χ4v) is 10.0.